The third-order valence-electron chi connectivity index (χ3n) is 2.67. The molecule has 0 fully saturated rings. The summed E-state index contributed by atoms with van der Waals surface area (Å²) in [6, 6.07) is 0. The van der Waals surface area contributed by atoms with Crippen LogP contribution in [0.2, 0.25) is 0 Å². The number of allylic oxidation sites excluding steroid dienone is 4. The molecule has 0 bridgehead atoms. The summed E-state index contributed by atoms with van der Waals surface area (Å²) in [5.74, 6) is 0.798. The molecule has 0 aromatic heterocycles. The van der Waals surface area contributed by atoms with Gasteiger partial charge in [0.25, 0.3) is 0 Å². The van der Waals surface area contributed by atoms with Crippen LogP contribution < -0.4 is 0 Å². The third-order valence-corrected chi connectivity index (χ3v) is 2.67. The van der Waals surface area contributed by atoms with Gasteiger partial charge in [0.05, 0.1) is 0 Å². The summed E-state index contributed by atoms with van der Waals surface area (Å²) in [6.07, 6.45) is 17.1. The molecule has 1 radical (unpaired) electrons. The van der Waals surface area contributed by atoms with Crippen LogP contribution in [0, 0.1) is 12.0 Å². The second-order valence-corrected chi connectivity index (χ2v) is 4.63. The second kappa shape index (κ2) is 6.86. The molecule has 0 spiro atoms. The summed E-state index contributed by atoms with van der Waals surface area (Å²) < 4.78 is 0. The van der Waals surface area contributed by atoms with E-state index in [1.54, 1.807) is 5.57 Å². The van der Waals surface area contributed by atoms with Crippen molar-refractivity contribution in [3.05, 3.63) is 23.8 Å². The smallest absolute Gasteiger partial charge is 0.0276 e. The van der Waals surface area contributed by atoms with Gasteiger partial charge < -0.3 is 0 Å². The normalized spacial score (nSPS) is 17.8. The first-order chi connectivity index (χ1) is 6.79. The summed E-state index contributed by atoms with van der Waals surface area (Å²) in [7, 11) is 0. The zero-order chi connectivity index (χ0) is 10.2. The van der Waals surface area contributed by atoms with E-state index in [9.17, 15) is 0 Å². The summed E-state index contributed by atoms with van der Waals surface area (Å²) in [5, 5.41) is 0. The molecule has 0 saturated heterocycles. The van der Waals surface area contributed by atoms with Crippen molar-refractivity contribution in [3.8, 4) is 0 Å². The molecular weight excluding hydrogens is 168 g/mol. The van der Waals surface area contributed by atoms with E-state index in [-0.39, 0.29) is 0 Å². The molecule has 0 unspecified atom stereocenters. The third kappa shape index (κ3) is 5.26. The van der Waals surface area contributed by atoms with Crippen LogP contribution in [-0.4, -0.2) is 0 Å². The van der Waals surface area contributed by atoms with Crippen molar-refractivity contribution in [1.82, 2.24) is 0 Å². The molecule has 1 aliphatic rings. The minimum atomic E-state index is 0.798. The van der Waals surface area contributed by atoms with E-state index in [0.29, 0.717) is 0 Å². The van der Waals surface area contributed by atoms with E-state index < -0.39 is 0 Å². The fraction of sp³-hybridized carbons (Fsp3) is 0.714. The Balaban J connectivity index is 2.08. The summed E-state index contributed by atoms with van der Waals surface area (Å²) in [6.45, 7) is 4.53. The SMILES string of the molecule is CC(C)C/C=C\CCC1=[C]CCCC1. The lowest BCUT2D eigenvalue weighted by Crippen LogP contribution is -1.91. The van der Waals surface area contributed by atoms with E-state index >= 15 is 0 Å². The molecule has 0 saturated carbocycles. The Morgan fingerprint density at radius 3 is 2.79 bits per heavy atom. The average Bonchev–Trinajstić information content (AvgIpc) is 2.18. The van der Waals surface area contributed by atoms with Gasteiger partial charge in [-0.2, -0.15) is 0 Å². The van der Waals surface area contributed by atoms with Crippen molar-refractivity contribution in [2.45, 2.75) is 58.8 Å². The van der Waals surface area contributed by atoms with Gasteiger partial charge in [0, 0.05) is 0 Å². The Morgan fingerprint density at radius 2 is 2.14 bits per heavy atom. The Hall–Kier alpha value is -0.520. The minimum absolute atomic E-state index is 0.798. The lowest BCUT2D eigenvalue weighted by molar-refractivity contribution is 0.656. The van der Waals surface area contributed by atoms with Gasteiger partial charge in [-0.25, -0.2) is 0 Å². The van der Waals surface area contributed by atoms with E-state index in [1.165, 1.54) is 44.9 Å². The molecule has 0 amide bonds. The molecule has 0 atom stereocenters. The minimum Gasteiger partial charge on any atom is -0.0883 e. The molecule has 14 heavy (non-hydrogen) atoms. The van der Waals surface area contributed by atoms with Gasteiger partial charge in [-0.1, -0.05) is 31.6 Å². The standard InChI is InChI=1S/C14H23/c1-13(2)9-5-3-6-10-14-11-7-4-8-12-14/h3,5,13H,4,6-11H2,1-2H3/b5-3-. The maximum Gasteiger partial charge on any atom is -0.0276 e. The Labute approximate surface area is 89.1 Å². The van der Waals surface area contributed by atoms with Crippen LogP contribution >= 0.6 is 0 Å². The zero-order valence-electron chi connectivity index (χ0n) is 9.68. The largest absolute Gasteiger partial charge is 0.0883 e. The fourth-order valence-corrected chi connectivity index (χ4v) is 1.77. The first kappa shape index (κ1) is 11.6. The molecule has 1 rings (SSSR count). The predicted molar refractivity (Wildman–Crippen MR) is 63.1 cm³/mol. The van der Waals surface area contributed by atoms with Crippen LogP contribution in [0.3, 0.4) is 0 Å². The molecule has 1 aliphatic carbocycles. The molecule has 0 nitrogen and oxygen atoms in total. The van der Waals surface area contributed by atoms with Gasteiger partial charge in [0.1, 0.15) is 0 Å². The fourth-order valence-electron chi connectivity index (χ4n) is 1.77. The number of rotatable bonds is 5. The van der Waals surface area contributed by atoms with Crippen molar-refractivity contribution in [2.75, 3.05) is 0 Å². The van der Waals surface area contributed by atoms with Gasteiger partial charge in [-0.05, 0) is 56.9 Å². The van der Waals surface area contributed by atoms with Gasteiger partial charge in [-0.3, -0.25) is 0 Å². The van der Waals surface area contributed by atoms with Crippen LogP contribution in [0.15, 0.2) is 17.7 Å². The van der Waals surface area contributed by atoms with Gasteiger partial charge >= 0.3 is 0 Å². The highest BCUT2D eigenvalue weighted by Gasteiger charge is 2.02. The zero-order valence-corrected chi connectivity index (χ0v) is 9.68. The van der Waals surface area contributed by atoms with E-state index in [4.69, 9.17) is 0 Å². The molecule has 0 aromatic carbocycles. The summed E-state index contributed by atoms with van der Waals surface area (Å²) in [4.78, 5) is 0. The van der Waals surface area contributed by atoms with Crippen molar-refractivity contribution < 1.29 is 0 Å². The van der Waals surface area contributed by atoms with Crippen LogP contribution in [0.4, 0.5) is 0 Å². The van der Waals surface area contributed by atoms with Crippen LogP contribution in [0.1, 0.15) is 58.8 Å². The highest BCUT2D eigenvalue weighted by molar-refractivity contribution is 5.01. The quantitative estimate of drug-likeness (QED) is 0.554. The monoisotopic (exact) mass is 191 g/mol. The van der Waals surface area contributed by atoms with Crippen molar-refractivity contribution in [3.63, 3.8) is 0 Å². The van der Waals surface area contributed by atoms with E-state index in [0.717, 1.165) is 5.92 Å². The topological polar surface area (TPSA) is 0 Å². The Morgan fingerprint density at radius 1 is 1.29 bits per heavy atom. The second-order valence-electron chi connectivity index (χ2n) is 4.63. The van der Waals surface area contributed by atoms with Gasteiger partial charge in [-0.15, -0.1) is 0 Å². The molecule has 0 heterocycles. The highest BCUT2D eigenvalue weighted by Crippen LogP contribution is 2.20. The van der Waals surface area contributed by atoms with Crippen molar-refractivity contribution in [2.24, 2.45) is 5.92 Å². The summed E-state index contributed by atoms with van der Waals surface area (Å²) in [5.41, 5.74) is 1.57. The van der Waals surface area contributed by atoms with Crippen molar-refractivity contribution >= 4 is 0 Å². The van der Waals surface area contributed by atoms with Crippen LogP contribution in [0.25, 0.3) is 0 Å². The predicted octanol–water partition coefficient (Wildman–Crippen LogP) is 4.67. The summed E-state index contributed by atoms with van der Waals surface area (Å²) >= 11 is 0. The Bertz CT molecular complexity index is 196. The highest BCUT2D eigenvalue weighted by atomic mass is 14.1. The number of hydrogen-bond acceptors (Lipinski definition) is 0. The molecule has 0 aliphatic heterocycles. The molecule has 0 aromatic rings. The average molecular weight is 191 g/mol. The van der Waals surface area contributed by atoms with E-state index in [1.807, 2.05) is 0 Å². The Kier molecular flexibility index (Phi) is 5.66. The first-order valence-corrected chi connectivity index (χ1v) is 6.02. The lowest BCUT2D eigenvalue weighted by Gasteiger charge is -2.10. The molecule has 0 N–H and O–H groups in total. The molecule has 79 valence electrons. The van der Waals surface area contributed by atoms with Crippen LogP contribution in [0.5, 0.6) is 0 Å². The molecular formula is C14H23. The molecule has 0 heteroatoms. The lowest BCUT2D eigenvalue weighted by atomic mass is 9.96. The van der Waals surface area contributed by atoms with Crippen LogP contribution in [-0.2, 0) is 0 Å². The van der Waals surface area contributed by atoms with Gasteiger partial charge in [0.2, 0.25) is 0 Å². The first-order valence-electron chi connectivity index (χ1n) is 6.02. The maximum atomic E-state index is 3.50. The number of hydrogen-bond donors (Lipinski definition) is 0. The van der Waals surface area contributed by atoms with E-state index in [2.05, 4.69) is 32.1 Å². The maximum absolute atomic E-state index is 3.50. The van der Waals surface area contributed by atoms with Gasteiger partial charge in [0.15, 0.2) is 0 Å². The van der Waals surface area contributed by atoms with Crippen molar-refractivity contribution in [1.29, 1.82) is 0 Å².